The Morgan fingerprint density at radius 3 is 1.68 bits per heavy atom. The summed E-state index contributed by atoms with van der Waals surface area (Å²) < 4.78 is 0.250. The average molecular weight is 534 g/mol. The van der Waals surface area contributed by atoms with Gasteiger partial charge in [-0.05, 0) is 0 Å². The zero-order valence-electron chi connectivity index (χ0n) is 13.9. The zero-order valence-corrected chi connectivity index (χ0v) is 20.8. The van der Waals surface area contributed by atoms with Crippen molar-refractivity contribution in [2.45, 2.75) is 39.0 Å². The normalized spacial score (nSPS) is 7.72. The number of hydrogen-bond donors (Lipinski definition) is 3. The van der Waals surface area contributed by atoms with E-state index in [0.717, 1.165) is 0 Å². The Kier molecular flexibility index (Phi) is 34.8. The van der Waals surface area contributed by atoms with Crippen LogP contribution in [0, 0.1) is 6.07 Å². The Hall–Kier alpha value is 0.238. The van der Waals surface area contributed by atoms with Crippen molar-refractivity contribution in [3.8, 4) is 0 Å². The van der Waals surface area contributed by atoms with Crippen LogP contribution in [-0.2, 0) is 65.4 Å². The van der Waals surface area contributed by atoms with Crippen LogP contribution in [0.2, 0.25) is 0 Å². The monoisotopic (exact) mass is 535 g/mol. The van der Waals surface area contributed by atoms with Crippen molar-refractivity contribution in [3.63, 3.8) is 0 Å². The van der Waals surface area contributed by atoms with Crippen LogP contribution < -0.4 is 17.2 Å². The van der Waals surface area contributed by atoms with Gasteiger partial charge >= 0.3 is 21.1 Å². The molecule has 0 radical (unpaired) electrons. The van der Waals surface area contributed by atoms with Gasteiger partial charge in [0, 0.05) is 0 Å². The maximum Gasteiger partial charge on any atom is 4.00 e. The first-order valence-corrected chi connectivity index (χ1v) is 9.43. The molecule has 0 heterocycles. The summed E-state index contributed by atoms with van der Waals surface area (Å²) in [7, 11) is 0. The fourth-order valence-corrected chi connectivity index (χ4v) is 1.33. The number of unbranched alkanes of at least 4 members (excludes halogenated alkanes) is 3. The first kappa shape index (κ1) is 32.9. The minimum absolute atomic E-state index is 0. The first-order valence-electron chi connectivity index (χ1n) is 6.98. The predicted molar refractivity (Wildman–Crippen MR) is 126 cm³/mol. The maximum absolute atomic E-state index is 4.66. The molecule has 10 heteroatoms. The van der Waals surface area contributed by atoms with Gasteiger partial charge in [-0.25, -0.2) is 0 Å². The van der Waals surface area contributed by atoms with E-state index in [1.165, 1.54) is 37.7 Å². The minimum atomic E-state index is 0. The van der Waals surface area contributed by atoms with E-state index in [1.807, 2.05) is 12.1 Å². The van der Waals surface area contributed by atoms with E-state index in [1.54, 1.807) is 0 Å². The third-order valence-electron chi connectivity index (χ3n) is 2.07. The Labute approximate surface area is 199 Å². The van der Waals surface area contributed by atoms with Gasteiger partial charge in [0.2, 0.25) is 0 Å². The summed E-state index contributed by atoms with van der Waals surface area (Å²) in [6, 6.07) is 11.5. The summed E-state index contributed by atoms with van der Waals surface area (Å²) in [6.45, 7) is 2.24. The van der Waals surface area contributed by atoms with E-state index >= 15 is 0 Å². The SMILES string of the molecule is CCCCCCc1[c-]cccc1.NC(=S)[S-].NC(=S)[S-].NC(=S)[S-].[Mo+4]. The van der Waals surface area contributed by atoms with Crippen LogP contribution in [0.4, 0.5) is 0 Å². The molecule has 0 amide bonds. The molecule has 0 aliphatic carbocycles. The van der Waals surface area contributed by atoms with Crippen LogP contribution in [0.5, 0.6) is 0 Å². The smallest absolute Gasteiger partial charge is 0.415 e. The molecule has 25 heavy (non-hydrogen) atoms. The molecule has 1 aromatic carbocycles. The topological polar surface area (TPSA) is 78.1 Å². The molecule has 0 bridgehead atoms. The van der Waals surface area contributed by atoms with Crippen LogP contribution in [0.25, 0.3) is 0 Å². The van der Waals surface area contributed by atoms with Crippen LogP contribution in [0.1, 0.15) is 38.2 Å². The van der Waals surface area contributed by atoms with Crippen LogP contribution in [0.15, 0.2) is 24.3 Å². The van der Waals surface area contributed by atoms with Crippen LogP contribution in [0.3, 0.4) is 0 Å². The van der Waals surface area contributed by atoms with Gasteiger partial charge in [0.15, 0.2) is 0 Å². The maximum atomic E-state index is 4.66. The van der Waals surface area contributed by atoms with Gasteiger partial charge in [-0.1, -0.05) is 52.0 Å². The van der Waals surface area contributed by atoms with E-state index < -0.39 is 0 Å². The second kappa shape index (κ2) is 26.5. The summed E-state index contributed by atoms with van der Waals surface area (Å²) in [6.07, 6.45) is 6.56. The van der Waals surface area contributed by atoms with Gasteiger partial charge < -0.3 is 91.7 Å². The number of aryl methyl sites for hydroxylation is 1. The quantitative estimate of drug-likeness (QED) is 0.174. The largest absolute Gasteiger partial charge is 4.00 e. The van der Waals surface area contributed by atoms with Crippen LogP contribution in [-0.4, -0.2) is 13.0 Å². The Bertz CT molecular complexity index is 406. The fourth-order valence-electron chi connectivity index (χ4n) is 1.33. The van der Waals surface area contributed by atoms with Crippen molar-refractivity contribution in [1.29, 1.82) is 0 Å². The first-order chi connectivity index (χ1) is 11.1. The van der Waals surface area contributed by atoms with Gasteiger partial charge in [-0.15, -0.1) is 0 Å². The van der Waals surface area contributed by atoms with Crippen molar-refractivity contribution in [2.24, 2.45) is 17.2 Å². The molecule has 0 saturated carbocycles. The second-order valence-corrected chi connectivity index (χ2v) is 7.57. The van der Waals surface area contributed by atoms with E-state index in [2.05, 4.69) is 117 Å². The van der Waals surface area contributed by atoms with E-state index in [0.29, 0.717) is 0 Å². The Balaban J connectivity index is -0.000000142. The molecule has 0 atom stereocenters. The van der Waals surface area contributed by atoms with Crippen molar-refractivity contribution in [2.75, 3.05) is 0 Å². The van der Waals surface area contributed by atoms with E-state index in [9.17, 15) is 0 Å². The molecular weight excluding hydrogens is 511 g/mol. The molecule has 0 aliphatic heterocycles. The van der Waals surface area contributed by atoms with Gasteiger partial charge in [-0.2, -0.15) is 35.9 Å². The van der Waals surface area contributed by atoms with E-state index in [-0.39, 0.29) is 34.0 Å². The summed E-state index contributed by atoms with van der Waals surface area (Å²) in [5.74, 6) is 0. The number of hydrogen-bond acceptors (Lipinski definition) is 6. The molecule has 1 rings (SSSR count). The number of thiocarbonyl (C=S) groups is 3. The summed E-state index contributed by atoms with van der Waals surface area (Å²) in [5, 5.41) is 0. The minimum Gasteiger partial charge on any atom is -0.415 e. The number of rotatable bonds is 5. The van der Waals surface area contributed by atoms with Crippen molar-refractivity contribution in [1.82, 2.24) is 0 Å². The zero-order chi connectivity index (χ0) is 19.4. The molecule has 1 aromatic rings. The molecule has 3 nitrogen and oxygen atoms in total. The predicted octanol–water partition coefficient (Wildman–Crippen LogP) is 2.94. The van der Waals surface area contributed by atoms with E-state index in [4.69, 9.17) is 0 Å². The molecule has 0 unspecified atom stereocenters. The average Bonchev–Trinajstić information content (AvgIpc) is 2.43. The van der Waals surface area contributed by atoms with Gasteiger partial charge in [0.1, 0.15) is 0 Å². The van der Waals surface area contributed by atoms with Crippen molar-refractivity contribution < 1.29 is 21.1 Å². The Morgan fingerprint density at radius 1 is 0.920 bits per heavy atom. The molecule has 0 spiro atoms. The molecule has 0 aliphatic rings. The summed E-state index contributed by atoms with van der Waals surface area (Å²) in [5.41, 5.74) is 15.3. The molecule has 6 N–H and O–H groups in total. The number of benzene rings is 1. The molecule has 0 fully saturated rings. The van der Waals surface area contributed by atoms with Crippen molar-refractivity contribution >= 4 is 87.5 Å². The molecule has 140 valence electrons. The Morgan fingerprint density at radius 2 is 1.36 bits per heavy atom. The van der Waals surface area contributed by atoms with Gasteiger partial charge in [-0.3, -0.25) is 0 Å². The third-order valence-corrected chi connectivity index (χ3v) is 2.07. The summed E-state index contributed by atoms with van der Waals surface area (Å²) in [4.78, 5) is 0. The van der Waals surface area contributed by atoms with Gasteiger partial charge in [0.25, 0.3) is 0 Å². The van der Waals surface area contributed by atoms with Crippen molar-refractivity contribution in [3.05, 3.63) is 35.9 Å². The molecular formula is C15H23MoN3S6. The third kappa shape index (κ3) is 59.1. The molecule has 0 aromatic heterocycles. The van der Waals surface area contributed by atoms with Gasteiger partial charge in [0.05, 0.1) is 0 Å². The number of nitrogens with two attached hydrogens (primary N) is 3. The summed E-state index contributed by atoms with van der Waals surface area (Å²) >= 11 is 24.8. The van der Waals surface area contributed by atoms with Crippen LogP contribution >= 0.6 is 36.7 Å². The fraction of sp³-hybridized carbons (Fsp3) is 0.400. The standard InChI is InChI=1S/C12H17.3CH3NS2.Mo/c1-2-3-4-6-9-12-10-7-5-8-11-12;3*2-1(3)4;/h5,7-8,10H,2-4,6,9H2,1H3;3*(H3,2,3,4);/q-1;;;;+4/p-3. The second-order valence-electron chi connectivity index (χ2n) is 4.16. The molecule has 0 saturated heterocycles.